The Kier molecular flexibility index (Phi) is 6.01. The zero-order valence-corrected chi connectivity index (χ0v) is 16.9. The number of piperidine rings is 1. The summed E-state index contributed by atoms with van der Waals surface area (Å²) in [6.45, 7) is 10.9. The summed E-state index contributed by atoms with van der Waals surface area (Å²) in [5.74, 6) is 2.23. The van der Waals surface area contributed by atoms with Gasteiger partial charge < -0.3 is 9.47 Å². The van der Waals surface area contributed by atoms with E-state index >= 15 is 0 Å². The lowest BCUT2D eigenvalue weighted by Gasteiger charge is -2.36. The fourth-order valence-corrected chi connectivity index (χ4v) is 4.68. The van der Waals surface area contributed by atoms with Gasteiger partial charge in [-0.3, -0.25) is 4.79 Å². The van der Waals surface area contributed by atoms with Crippen LogP contribution in [-0.2, 0) is 11.3 Å². The van der Waals surface area contributed by atoms with Crippen LogP contribution < -0.4 is 0 Å². The predicted octanol–water partition coefficient (Wildman–Crippen LogP) is 3.62. The SMILES string of the molecule is Cc1nnc(SC(C)C(=O)N2CC(C)CC(C)C2)n1Cc1ccccc1. The lowest BCUT2D eigenvalue weighted by atomic mass is 9.92. The molecule has 1 aliphatic rings. The smallest absolute Gasteiger partial charge is 0.235 e. The molecule has 2 heterocycles. The molecular formula is C20H28N4OS. The van der Waals surface area contributed by atoms with Crippen molar-refractivity contribution >= 4 is 17.7 Å². The van der Waals surface area contributed by atoms with Crippen LogP contribution in [0.4, 0.5) is 0 Å². The van der Waals surface area contributed by atoms with Crippen molar-refractivity contribution in [2.24, 2.45) is 11.8 Å². The molecule has 0 aliphatic carbocycles. The van der Waals surface area contributed by atoms with Crippen molar-refractivity contribution in [3.8, 4) is 0 Å². The van der Waals surface area contributed by atoms with Gasteiger partial charge in [0.15, 0.2) is 5.16 Å². The number of thioether (sulfide) groups is 1. The number of hydrogen-bond acceptors (Lipinski definition) is 4. The quantitative estimate of drug-likeness (QED) is 0.752. The molecule has 3 atom stereocenters. The first kappa shape index (κ1) is 19.0. The highest BCUT2D eigenvalue weighted by molar-refractivity contribution is 8.00. The number of likely N-dealkylation sites (tertiary alicyclic amines) is 1. The molecule has 1 amide bonds. The maximum absolute atomic E-state index is 12.9. The maximum Gasteiger partial charge on any atom is 0.235 e. The first-order valence-electron chi connectivity index (χ1n) is 9.33. The molecule has 1 aliphatic heterocycles. The Morgan fingerprint density at radius 2 is 1.85 bits per heavy atom. The normalized spacial score (nSPS) is 21.6. The van der Waals surface area contributed by atoms with Crippen molar-refractivity contribution in [1.29, 1.82) is 0 Å². The second-order valence-electron chi connectivity index (χ2n) is 7.55. The van der Waals surface area contributed by atoms with Gasteiger partial charge in [-0.25, -0.2) is 0 Å². The third-order valence-electron chi connectivity index (χ3n) is 4.90. The van der Waals surface area contributed by atoms with E-state index in [2.05, 4.69) is 40.7 Å². The molecule has 26 heavy (non-hydrogen) atoms. The molecular weight excluding hydrogens is 344 g/mol. The minimum Gasteiger partial charge on any atom is -0.341 e. The van der Waals surface area contributed by atoms with Gasteiger partial charge in [-0.1, -0.05) is 55.9 Å². The summed E-state index contributed by atoms with van der Waals surface area (Å²) in [6, 6.07) is 10.3. The molecule has 0 radical (unpaired) electrons. The van der Waals surface area contributed by atoms with E-state index in [0.717, 1.165) is 30.6 Å². The van der Waals surface area contributed by atoms with Gasteiger partial charge in [0.25, 0.3) is 0 Å². The van der Waals surface area contributed by atoms with Gasteiger partial charge >= 0.3 is 0 Å². The number of amides is 1. The van der Waals surface area contributed by atoms with Gasteiger partial charge in [0.2, 0.25) is 5.91 Å². The summed E-state index contributed by atoms with van der Waals surface area (Å²) in [4.78, 5) is 14.9. The monoisotopic (exact) mass is 372 g/mol. The zero-order chi connectivity index (χ0) is 18.7. The van der Waals surface area contributed by atoms with E-state index in [0.29, 0.717) is 11.8 Å². The molecule has 1 saturated heterocycles. The molecule has 5 nitrogen and oxygen atoms in total. The van der Waals surface area contributed by atoms with Crippen molar-refractivity contribution < 1.29 is 4.79 Å². The Hall–Kier alpha value is -1.82. The van der Waals surface area contributed by atoms with E-state index in [-0.39, 0.29) is 11.2 Å². The third kappa shape index (κ3) is 4.47. The minimum absolute atomic E-state index is 0.161. The Bertz CT molecular complexity index is 736. The average molecular weight is 373 g/mol. The number of carbonyl (C=O) groups is 1. The van der Waals surface area contributed by atoms with Crippen LogP contribution in [0.2, 0.25) is 0 Å². The topological polar surface area (TPSA) is 51.0 Å². The zero-order valence-electron chi connectivity index (χ0n) is 16.1. The van der Waals surface area contributed by atoms with Crippen LogP contribution in [0.25, 0.3) is 0 Å². The van der Waals surface area contributed by atoms with Gasteiger partial charge in [0.1, 0.15) is 5.82 Å². The molecule has 6 heteroatoms. The molecule has 1 aromatic heterocycles. The molecule has 1 aromatic carbocycles. The van der Waals surface area contributed by atoms with Crippen LogP contribution in [0.1, 0.15) is 38.6 Å². The Balaban J connectivity index is 1.69. The number of hydrogen-bond donors (Lipinski definition) is 0. The number of rotatable bonds is 5. The number of carbonyl (C=O) groups excluding carboxylic acids is 1. The van der Waals surface area contributed by atoms with Crippen molar-refractivity contribution in [3.05, 3.63) is 41.7 Å². The summed E-state index contributed by atoms with van der Waals surface area (Å²) in [7, 11) is 0. The second-order valence-corrected chi connectivity index (χ2v) is 8.86. The van der Waals surface area contributed by atoms with Crippen molar-refractivity contribution in [1.82, 2.24) is 19.7 Å². The summed E-state index contributed by atoms with van der Waals surface area (Å²) < 4.78 is 2.09. The second kappa shape index (κ2) is 8.25. The summed E-state index contributed by atoms with van der Waals surface area (Å²) in [5, 5.41) is 9.19. The summed E-state index contributed by atoms with van der Waals surface area (Å²) in [6.07, 6.45) is 1.20. The molecule has 2 aromatic rings. The van der Waals surface area contributed by atoms with Crippen LogP contribution in [0.3, 0.4) is 0 Å². The number of aryl methyl sites for hydroxylation is 1. The van der Waals surface area contributed by atoms with Crippen LogP contribution in [-0.4, -0.2) is 43.9 Å². The molecule has 0 bridgehead atoms. The van der Waals surface area contributed by atoms with Gasteiger partial charge in [-0.15, -0.1) is 10.2 Å². The van der Waals surface area contributed by atoms with Gasteiger partial charge in [0, 0.05) is 13.1 Å². The minimum atomic E-state index is -0.161. The third-order valence-corrected chi connectivity index (χ3v) is 5.96. The van der Waals surface area contributed by atoms with E-state index in [1.54, 1.807) is 0 Å². The van der Waals surface area contributed by atoms with Crippen LogP contribution in [0.5, 0.6) is 0 Å². The Morgan fingerprint density at radius 3 is 2.50 bits per heavy atom. The van der Waals surface area contributed by atoms with Gasteiger partial charge in [-0.05, 0) is 37.7 Å². The summed E-state index contributed by atoms with van der Waals surface area (Å²) in [5.41, 5.74) is 1.20. The highest BCUT2D eigenvalue weighted by Crippen LogP contribution is 2.27. The molecule has 1 fully saturated rings. The highest BCUT2D eigenvalue weighted by Gasteiger charge is 2.29. The molecule has 0 N–H and O–H groups in total. The van der Waals surface area contributed by atoms with E-state index < -0.39 is 0 Å². The van der Waals surface area contributed by atoms with Gasteiger partial charge in [0.05, 0.1) is 11.8 Å². The lowest BCUT2D eigenvalue weighted by Crippen LogP contribution is -2.45. The molecule has 3 unspecified atom stereocenters. The summed E-state index contributed by atoms with van der Waals surface area (Å²) >= 11 is 1.51. The fraction of sp³-hybridized carbons (Fsp3) is 0.550. The molecule has 0 spiro atoms. The first-order valence-corrected chi connectivity index (χ1v) is 10.2. The van der Waals surface area contributed by atoms with Crippen LogP contribution in [0.15, 0.2) is 35.5 Å². The number of benzene rings is 1. The van der Waals surface area contributed by atoms with Crippen molar-refractivity contribution in [2.45, 2.75) is 51.1 Å². The largest absolute Gasteiger partial charge is 0.341 e. The number of nitrogens with zero attached hydrogens (tertiary/aromatic N) is 4. The molecule has 3 rings (SSSR count). The number of aromatic nitrogens is 3. The maximum atomic E-state index is 12.9. The Labute approximate surface area is 160 Å². The van der Waals surface area contributed by atoms with Crippen LogP contribution >= 0.6 is 11.8 Å². The van der Waals surface area contributed by atoms with Crippen molar-refractivity contribution in [3.63, 3.8) is 0 Å². The molecule has 140 valence electrons. The van der Waals surface area contributed by atoms with Crippen LogP contribution in [0, 0.1) is 18.8 Å². The highest BCUT2D eigenvalue weighted by atomic mass is 32.2. The standard InChI is InChI=1S/C20H28N4OS/c1-14-10-15(2)12-23(11-14)19(25)16(3)26-20-22-21-17(4)24(20)13-18-8-6-5-7-9-18/h5-9,14-16H,10-13H2,1-4H3. The predicted molar refractivity (Wildman–Crippen MR) is 105 cm³/mol. The lowest BCUT2D eigenvalue weighted by molar-refractivity contribution is -0.132. The van der Waals surface area contributed by atoms with Gasteiger partial charge in [-0.2, -0.15) is 0 Å². The fourth-order valence-electron chi connectivity index (χ4n) is 3.71. The Morgan fingerprint density at radius 1 is 1.19 bits per heavy atom. The van der Waals surface area contributed by atoms with E-state index in [1.165, 1.54) is 23.7 Å². The van der Waals surface area contributed by atoms with E-state index in [4.69, 9.17) is 0 Å². The first-order chi connectivity index (χ1) is 12.4. The van der Waals surface area contributed by atoms with E-state index in [1.807, 2.05) is 36.9 Å². The average Bonchev–Trinajstić information content (AvgIpc) is 2.94. The van der Waals surface area contributed by atoms with E-state index in [9.17, 15) is 4.79 Å². The molecule has 0 saturated carbocycles. The van der Waals surface area contributed by atoms with Crippen molar-refractivity contribution in [2.75, 3.05) is 13.1 Å².